The first kappa shape index (κ1) is 27.5. The van der Waals surface area contributed by atoms with Crippen LogP contribution in [-0.4, -0.2) is 47.5 Å². The minimum Gasteiger partial charge on any atom is -0.354 e. The van der Waals surface area contributed by atoms with Gasteiger partial charge < -0.3 is 15.1 Å². The molecule has 1 saturated heterocycles. The zero-order chi connectivity index (χ0) is 28.9. The number of carbonyl (C=O) groups excluding carboxylic acids is 2. The van der Waals surface area contributed by atoms with Crippen molar-refractivity contribution in [2.24, 2.45) is 5.92 Å². The molecule has 3 aliphatic rings. The summed E-state index contributed by atoms with van der Waals surface area (Å²) >= 11 is 5.90. The van der Waals surface area contributed by atoms with E-state index >= 15 is 0 Å². The molecule has 4 heterocycles. The summed E-state index contributed by atoms with van der Waals surface area (Å²) in [6, 6.07) is 9.52. The third kappa shape index (κ3) is 5.03. The van der Waals surface area contributed by atoms with Crippen LogP contribution in [0.25, 0.3) is 0 Å². The number of alkyl halides is 2. The highest BCUT2D eigenvalue weighted by Crippen LogP contribution is 2.49. The van der Waals surface area contributed by atoms with Crippen LogP contribution in [0, 0.1) is 18.7 Å². The molecule has 7 nitrogen and oxygen atoms in total. The van der Waals surface area contributed by atoms with Gasteiger partial charge in [0.25, 0.3) is 12.3 Å². The summed E-state index contributed by atoms with van der Waals surface area (Å²) in [6.07, 6.45) is 2.71. The molecule has 0 atom stereocenters. The van der Waals surface area contributed by atoms with Gasteiger partial charge in [0.2, 0.25) is 5.91 Å². The smallest absolute Gasteiger partial charge is 0.281 e. The van der Waals surface area contributed by atoms with E-state index in [9.17, 15) is 22.8 Å². The van der Waals surface area contributed by atoms with Crippen molar-refractivity contribution in [3.05, 3.63) is 82.0 Å². The Balaban J connectivity index is 1.11. The molecule has 6 rings (SSSR count). The van der Waals surface area contributed by atoms with Crippen LogP contribution in [0.1, 0.15) is 59.3 Å². The van der Waals surface area contributed by atoms with E-state index in [4.69, 9.17) is 11.6 Å². The number of fused-ring (bicyclic) bond motifs is 2. The molecule has 0 bridgehead atoms. The summed E-state index contributed by atoms with van der Waals surface area (Å²) in [5.41, 5.74) is 0.973. The van der Waals surface area contributed by atoms with E-state index in [0.29, 0.717) is 38.2 Å². The lowest BCUT2D eigenvalue weighted by Gasteiger charge is -2.47. The number of halogens is 4. The van der Waals surface area contributed by atoms with Crippen molar-refractivity contribution in [2.45, 2.75) is 50.5 Å². The molecule has 1 saturated carbocycles. The molecule has 2 aromatic heterocycles. The predicted molar refractivity (Wildman–Crippen MR) is 149 cm³/mol. The summed E-state index contributed by atoms with van der Waals surface area (Å²) < 4.78 is 41.1. The summed E-state index contributed by atoms with van der Waals surface area (Å²) in [5.74, 6) is -0.0779. The SMILES string of the molecule is Cc1ccc(N2CC3(C2)C(=O)N(C[C@H]2CC[C@H](NC(=O)c4cc(Cl)cnc4C(F)F)CC2)c2cc(F)ccc23)nc1. The standard InChI is InChI=1S/C30H29ClF3N5O2/c1-17-2-9-25(35-12-17)38-15-30(16-38)23-8-5-20(32)11-24(23)39(29(30)41)14-18-3-6-21(7-4-18)37-28(40)22-10-19(31)13-36-26(22)27(33)34/h2,5,8-13,18,21,27H,3-4,6-7,14-16H2,1H3,(H,37,40)/t18-,21-. The Kier molecular flexibility index (Phi) is 7.13. The van der Waals surface area contributed by atoms with Crippen LogP contribution in [0.15, 0.2) is 48.8 Å². The van der Waals surface area contributed by atoms with Gasteiger partial charge in [-0.2, -0.15) is 0 Å². The maximum absolute atomic E-state index is 14.4. The maximum atomic E-state index is 14.4. The maximum Gasteiger partial charge on any atom is 0.281 e. The van der Waals surface area contributed by atoms with Gasteiger partial charge in [-0.05, 0) is 73.9 Å². The topological polar surface area (TPSA) is 78.4 Å². The zero-order valence-corrected chi connectivity index (χ0v) is 23.2. The molecule has 0 unspecified atom stereocenters. The van der Waals surface area contributed by atoms with Crippen molar-refractivity contribution in [3.8, 4) is 0 Å². The van der Waals surface area contributed by atoms with E-state index in [2.05, 4.69) is 20.2 Å². The number of hydrogen-bond donors (Lipinski definition) is 1. The quantitative estimate of drug-likeness (QED) is 0.408. The summed E-state index contributed by atoms with van der Waals surface area (Å²) in [7, 11) is 0. The van der Waals surface area contributed by atoms with Gasteiger partial charge in [0, 0.05) is 38.1 Å². The second kappa shape index (κ2) is 10.6. The van der Waals surface area contributed by atoms with Gasteiger partial charge in [0.15, 0.2) is 0 Å². The number of pyridine rings is 2. The van der Waals surface area contributed by atoms with Crippen molar-refractivity contribution in [3.63, 3.8) is 0 Å². The van der Waals surface area contributed by atoms with Crippen molar-refractivity contribution >= 4 is 34.9 Å². The van der Waals surface area contributed by atoms with Crippen molar-refractivity contribution in [1.29, 1.82) is 0 Å². The monoisotopic (exact) mass is 583 g/mol. The lowest BCUT2D eigenvalue weighted by molar-refractivity contribution is -0.124. The summed E-state index contributed by atoms with van der Waals surface area (Å²) in [5, 5.41) is 2.96. The van der Waals surface area contributed by atoms with Crippen molar-refractivity contribution in [1.82, 2.24) is 15.3 Å². The van der Waals surface area contributed by atoms with E-state index in [1.54, 1.807) is 17.2 Å². The first-order valence-corrected chi connectivity index (χ1v) is 14.1. The predicted octanol–water partition coefficient (Wildman–Crippen LogP) is 5.61. The Morgan fingerprint density at radius 1 is 1.10 bits per heavy atom. The first-order valence-electron chi connectivity index (χ1n) is 13.7. The third-order valence-corrected chi connectivity index (χ3v) is 8.73. The van der Waals surface area contributed by atoms with E-state index < -0.39 is 23.4 Å². The number of carbonyl (C=O) groups is 2. The molecule has 1 spiro atoms. The number of rotatable bonds is 6. The van der Waals surface area contributed by atoms with Gasteiger partial charge in [-0.3, -0.25) is 14.6 Å². The van der Waals surface area contributed by atoms with E-state index in [-0.39, 0.29) is 34.3 Å². The Morgan fingerprint density at radius 3 is 2.54 bits per heavy atom. The van der Waals surface area contributed by atoms with Gasteiger partial charge in [-0.1, -0.05) is 23.7 Å². The Bertz CT molecular complexity index is 1490. The zero-order valence-electron chi connectivity index (χ0n) is 22.4. The lowest BCUT2D eigenvalue weighted by atomic mass is 9.74. The number of anilines is 2. The number of nitrogens with zero attached hydrogens (tertiary/aromatic N) is 4. The number of nitrogens with one attached hydrogen (secondary N) is 1. The van der Waals surface area contributed by atoms with Crippen LogP contribution in [0.4, 0.5) is 24.7 Å². The van der Waals surface area contributed by atoms with E-state index in [1.165, 1.54) is 18.2 Å². The van der Waals surface area contributed by atoms with Crippen molar-refractivity contribution in [2.75, 3.05) is 29.4 Å². The number of amides is 2. The second-order valence-electron chi connectivity index (χ2n) is 11.3. The van der Waals surface area contributed by atoms with Gasteiger partial charge in [0.1, 0.15) is 22.7 Å². The fraction of sp³-hybridized carbons (Fsp3) is 0.400. The highest BCUT2D eigenvalue weighted by molar-refractivity contribution is 6.30. The highest BCUT2D eigenvalue weighted by atomic mass is 35.5. The molecule has 1 N–H and O–H groups in total. The van der Waals surface area contributed by atoms with Gasteiger partial charge in [-0.15, -0.1) is 0 Å². The lowest BCUT2D eigenvalue weighted by Crippen LogP contribution is -2.64. The molecule has 0 radical (unpaired) electrons. The minimum absolute atomic E-state index is 0.0233. The molecule has 1 aliphatic carbocycles. The molecular weight excluding hydrogens is 555 g/mol. The fourth-order valence-corrected chi connectivity index (χ4v) is 6.49. The van der Waals surface area contributed by atoms with E-state index in [0.717, 1.165) is 36.0 Å². The summed E-state index contributed by atoms with van der Waals surface area (Å²) in [6.45, 7) is 3.39. The van der Waals surface area contributed by atoms with Gasteiger partial charge >= 0.3 is 0 Å². The second-order valence-corrected chi connectivity index (χ2v) is 11.7. The van der Waals surface area contributed by atoms with Crippen molar-refractivity contribution < 1.29 is 22.8 Å². The molecule has 1 aromatic carbocycles. The van der Waals surface area contributed by atoms with Crippen LogP contribution in [0.2, 0.25) is 5.02 Å². The average molecular weight is 584 g/mol. The molecular formula is C30H29ClF3N5O2. The largest absolute Gasteiger partial charge is 0.354 e. The number of benzene rings is 1. The molecule has 41 heavy (non-hydrogen) atoms. The van der Waals surface area contributed by atoms with Crippen LogP contribution >= 0.6 is 11.6 Å². The Hall–Kier alpha value is -3.66. The molecule has 2 aliphatic heterocycles. The third-order valence-electron chi connectivity index (χ3n) is 8.52. The van der Waals surface area contributed by atoms with E-state index in [1.807, 2.05) is 19.1 Å². The van der Waals surface area contributed by atoms with Crippen LogP contribution in [-0.2, 0) is 10.2 Å². The molecule has 2 fully saturated rings. The van der Waals surface area contributed by atoms with Gasteiger partial charge in [0.05, 0.1) is 16.3 Å². The number of hydrogen-bond acceptors (Lipinski definition) is 5. The van der Waals surface area contributed by atoms with Crippen LogP contribution < -0.4 is 15.1 Å². The summed E-state index contributed by atoms with van der Waals surface area (Å²) in [4.78, 5) is 38.6. The van der Waals surface area contributed by atoms with Crippen LogP contribution in [0.3, 0.4) is 0 Å². The number of aryl methyl sites for hydroxylation is 1. The molecule has 214 valence electrons. The fourth-order valence-electron chi connectivity index (χ4n) is 6.33. The average Bonchev–Trinajstić information content (AvgIpc) is 3.16. The minimum atomic E-state index is -2.89. The van der Waals surface area contributed by atoms with Gasteiger partial charge in [-0.25, -0.2) is 18.2 Å². The number of aromatic nitrogens is 2. The highest BCUT2D eigenvalue weighted by Gasteiger charge is 2.58. The molecule has 3 aromatic rings. The first-order chi connectivity index (χ1) is 19.6. The molecule has 11 heteroatoms. The normalized spacial score (nSPS) is 21.3. The van der Waals surface area contributed by atoms with Crippen LogP contribution in [0.5, 0.6) is 0 Å². The molecule has 2 amide bonds. The Labute approximate surface area is 240 Å². The Morgan fingerprint density at radius 2 is 1.85 bits per heavy atom.